The summed E-state index contributed by atoms with van der Waals surface area (Å²) >= 11 is 1.52. The second kappa shape index (κ2) is 6.02. The van der Waals surface area contributed by atoms with E-state index in [9.17, 15) is 4.39 Å². The van der Waals surface area contributed by atoms with Crippen LogP contribution in [0.5, 0.6) is 0 Å². The fourth-order valence-electron chi connectivity index (χ4n) is 1.76. The molecule has 0 fully saturated rings. The number of thiazole rings is 1. The van der Waals surface area contributed by atoms with Crippen LogP contribution in [0.25, 0.3) is 10.7 Å². The molecular weight excluding hydrogens is 249 g/mol. The summed E-state index contributed by atoms with van der Waals surface area (Å²) in [5.74, 6) is -0.315. The van der Waals surface area contributed by atoms with Crippen LogP contribution >= 0.6 is 11.3 Å². The Balaban J connectivity index is 2.40. The highest BCUT2D eigenvalue weighted by atomic mass is 32.1. The lowest BCUT2D eigenvalue weighted by Crippen LogP contribution is -2.05. The normalized spacial score (nSPS) is 10.8. The van der Waals surface area contributed by atoms with Crippen LogP contribution in [0.15, 0.2) is 18.3 Å². The molecule has 0 radical (unpaired) electrons. The van der Waals surface area contributed by atoms with Crippen LogP contribution in [0, 0.1) is 5.82 Å². The lowest BCUT2D eigenvalue weighted by molar-refractivity contribution is 0.625. The van der Waals surface area contributed by atoms with Gasteiger partial charge in [-0.25, -0.2) is 9.37 Å². The van der Waals surface area contributed by atoms with E-state index in [4.69, 9.17) is 0 Å². The predicted octanol–water partition coefficient (Wildman–Crippen LogP) is 3.02. The minimum Gasteiger partial charge on any atom is -0.315 e. The Kier molecular flexibility index (Phi) is 4.38. The van der Waals surface area contributed by atoms with E-state index in [2.05, 4.69) is 22.2 Å². The SMILES string of the molecule is CCCc1nc(-c2ncccc2F)sc1CNC. The summed E-state index contributed by atoms with van der Waals surface area (Å²) in [7, 11) is 1.90. The Labute approximate surface area is 110 Å². The molecule has 0 bridgehead atoms. The lowest BCUT2D eigenvalue weighted by atomic mass is 10.2. The second-order valence-electron chi connectivity index (χ2n) is 4.00. The highest BCUT2D eigenvalue weighted by Gasteiger charge is 2.15. The molecule has 18 heavy (non-hydrogen) atoms. The van der Waals surface area contributed by atoms with Crippen molar-refractivity contribution in [3.63, 3.8) is 0 Å². The fourth-order valence-corrected chi connectivity index (χ4v) is 2.88. The number of hydrogen-bond acceptors (Lipinski definition) is 4. The van der Waals surface area contributed by atoms with Crippen molar-refractivity contribution in [2.75, 3.05) is 7.05 Å². The first-order valence-corrected chi connectivity index (χ1v) is 6.82. The third-order valence-electron chi connectivity index (χ3n) is 2.56. The Morgan fingerprint density at radius 1 is 1.44 bits per heavy atom. The Morgan fingerprint density at radius 2 is 2.28 bits per heavy atom. The average Bonchev–Trinajstić information content (AvgIpc) is 2.74. The molecule has 0 aliphatic rings. The third-order valence-corrected chi connectivity index (χ3v) is 3.67. The third kappa shape index (κ3) is 2.73. The first-order chi connectivity index (χ1) is 8.76. The Hall–Kier alpha value is -1.33. The predicted molar refractivity (Wildman–Crippen MR) is 72.1 cm³/mol. The molecule has 96 valence electrons. The van der Waals surface area contributed by atoms with Gasteiger partial charge in [0.25, 0.3) is 0 Å². The van der Waals surface area contributed by atoms with Crippen LogP contribution in [-0.2, 0) is 13.0 Å². The fraction of sp³-hybridized carbons (Fsp3) is 0.385. The van der Waals surface area contributed by atoms with E-state index in [1.807, 2.05) is 7.05 Å². The number of rotatable bonds is 5. The van der Waals surface area contributed by atoms with E-state index < -0.39 is 0 Å². The molecule has 0 aromatic carbocycles. The maximum Gasteiger partial charge on any atom is 0.151 e. The number of hydrogen-bond donors (Lipinski definition) is 1. The van der Waals surface area contributed by atoms with Crippen LogP contribution in [0.3, 0.4) is 0 Å². The Morgan fingerprint density at radius 3 is 2.94 bits per heavy atom. The van der Waals surface area contributed by atoms with Gasteiger partial charge in [0.15, 0.2) is 5.82 Å². The van der Waals surface area contributed by atoms with Gasteiger partial charge in [-0.3, -0.25) is 4.98 Å². The summed E-state index contributed by atoms with van der Waals surface area (Å²) in [4.78, 5) is 9.77. The molecule has 0 atom stereocenters. The van der Waals surface area contributed by atoms with Gasteiger partial charge in [-0.2, -0.15) is 0 Å². The highest BCUT2D eigenvalue weighted by Crippen LogP contribution is 2.29. The van der Waals surface area contributed by atoms with Crippen LogP contribution in [0.1, 0.15) is 23.9 Å². The first-order valence-electron chi connectivity index (χ1n) is 6.00. The summed E-state index contributed by atoms with van der Waals surface area (Å²) in [6.45, 7) is 2.88. The number of nitrogens with zero attached hydrogens (tertiary/aromatic N) is 2. The summed E-state index contributed by atoms with van der Waals surface area (Å²) in [5, 5.41) is 3.79. The molecule has 2 aromatic rings. The largest absolute Gasteiger partial charge is 0.315 e. The maximum absolute atomic E-state index is 13.7. The smallest absolute Gasteiger partial charge is 0.151 e. The minimum absolute atomic E-state index is 0.315. The van der Waals surface area contributed by atoms with Gasteiger partial charge in [0.1, 0.15) is 10.7 Å². The van der Waals surface area contributed by atoms with Crippen LogP contribution in [-0.4, -0.2) is 17.0 Å². The van der Waals surface area contributed by atoms with Gasteiger partial charge in [-0.1, -0.05) is 13.3 Å². The van der Waals surface area contributed by atoms with E-state index in [0.29, 0.717) is 10.7 Å². The van der Waals surface area contributed by atoms with Gasteiger partial charge >= 0.3 is 0 Å². The van der Waals surface area contributed by atoms with Crippen molar-refractivity contribution in [2.45, 2.75) is 26.3 Å². The second-order valence-corrected chi connectivity index (χ2v) is 5.09. The zero-order valence-corrected chi connectivity index (χ0v) is 11.4. The van der Waals surface area contributed by atoms with E-state index >= 15 is 0 Å². The van der Waals surface area contributed by atoms with Gasteiger partial charge in [0.05, 0.1) is 5.69 Å². The van der Waals surface area contributed by atoms with Crippen molar-refractivity contribution in [1.29, 1.82) is 0 Å². The zero-order chi connectivity index (χ0) is 13.0. The lowest BCUT2D eigenvalue weighted by Gasteiger charge is -1.98. The van der Waals surface area contributed by atoms with Gasteiger partial charge in [-0.05, 0) is 25.6 Å². The first kappa shape index (κ1) is 13.1. The number of halogens is 1. The van der Waals surface area contributed by atoms with Crippen molar-refractivity contribution in [2.24, 2.45) is 0 Å². The molecule has 3 nitrogen and oxygen atoms in total. The maximum atomic E-state index is 13.7. The topological polar surface area (TPSA) is 37.8 Å². The van der Waals surface area contributed by atoms with Crippen molar-refractivity contribution < 1.29 is 4.39 Å². The van der Waals surface area contributed by atoms with E-state index in [0.717, 1.165) is 25.1 Å². The van der Waals surface area contributed by atoms with Crippen LogP contribution in [0.2, 0.25) is 0 Å². The van der Waals surface area contributed by atoms with E-state index in [1.54, 1.807) is 12.3 Å². The molecule has 5 heteroatoms. The van der Waals surface area contributed by atoms with Gasteiger partial charge < -0.3 is 5.32 Å². The summed E-state index contributed by atoms with van der Waals surface area (Å²) in [6.07, 6.45) is 3.55. The summed E-state index contributed by atoms with van der Waals surface area (Å²) < 4.78 is 13.7. The molecule has 0 saturated heterocycles. The monoisotopic (exact) mass is 265 g/mol. The van der Waals surface area contributed by atoms with Crippen molar-refractivity contribution in [3.8, 4) is 10.7 Å². The molecule has 0 saturated carbocycles. The number of aryl methyl sites for hydroxylation is 1. The molecule has 0 unspecified atom stereocenters. The van der Waals surface area contributed by atoms with Gasteiger partial charge in [0.2, 0.25) is 0 Å². The molecule has 2 rings (SSSR count). The van der Waals surface area contributed by atoms with E-state index in [-0.39, 0.29) is 5.82 Å². The summed E-state index contributed by atoms with van der Waals surface area (Å²) in [6, 6.07) is 3.01. The molecule has 2 aromatic heterocycles. The summed E-state index contributed by atoms with van der Waals surface area (Å²) in [5.41, 5.74) is 1.40. The van der Waals surface area contributed by atoms with Crippen molar-refractivity contribution in [1.82, 2.24) is 15.3 Å². The Bertz CT molecular complexity index is 501. The number of nitrogens with one attached hydrogen (secondary N) is 1. The zero-order valence-electron chi connectivity index (χ0n) is 10.5. The molecule has 1 N–H and O–H groups in total. The molecule has 0 aliphatic carbocycles. The number of aromatic nitrogens is 2. The van der Waals surface area contributed by atoms with Gasteiger partial charge in [0, 0.05) is 17.6 Å². The molecule has 2 heterocycles. The average molecular weight is 265 g/mol. The van der Waals surface area contributed by atoms with Crippen molar-refractivity contribution in [3.05, 3.63) is 34.7 Å². The molecular formula is C13H16FN3S. The number of pyridine rings is 1. The molecule has 0 spiro atoms. The minimum atomic E-state index is -0.315. The molecule has 0 aliphatic heterocycles. The van der Waals surface area contributed by atoms with Crippen molar-refractivity contribution >= 4 is 11.3 Å². The van der Waals surface area contributed by atoms with Crippen LogP contribution < -0.4 is 5.32 Å². The quantitative estimate of drug-likeness (QED) is 0.903. The standard InChI is InChI=1S/C13H16FN3S/c1-3-5-10-11(8-15-2)18-13(17-10)12-9(14)6-4-7-16-12/h4,6-7,15H,3,5,8H2,1-2H3. The highest BCUT2D eigenvalue weighted by molar-refractivity contribution is 7.15. The van der Waals surface area contributed by atoms with Crippen LogP contribution in [0.4, 0.5) is 4.39 Å². The molecule has 0 amide bonds. The van der Waals surface area contributed by atoms with Gasteiger partial charge in [-0.15, -0.1) is 11.3 Å². The van der Waals surface area contributed by atoms with E-state index in [1.165, 1.54) is 22.3 Å².